The van der Waals surface area contributed by atoms with E-state index < -0.39 is 0 Å². The molecule has 0 aromatic heterocycles. The molecule has 3 rings (SSSR count). The molecule has 0 spiro atoms. The molecule has 2 aliphatic rings. The highest BCUT2D eigenvalue weighted by molar-refractivity contribution is 5.51. The molecule has 0 aliphatic carbocycles. The number of anilines is 1. The van der Waals surface area contributed by atoms with E-state index in [1.807, 2.05) is 24.3 Å². The van der Waals surface area contributed by atoms with Crippen LogP contribution in [0.25, 0.3) is 0 Å². The van der Waals surface area contributed by atoms with Gasteiger partial charge in [0.25, 0.3) is 0 Å². The van der Waals surface area contributed by atoms with Gasteiger partial charge in [0.2, 0.25) is 0 Å². The molecule has 2 saturated heterocycles. The number of fused-ring (bicyclic) bond motifs is 2. The minimum Gasteiger partial charge on any atom is -0.491 e. The molecule has 19 heavy (non-hydrogen) atoms. The first kappa shape index (κ1) is 12.8. The second-order valence-corrected chi connectivity index (χ2v) is 5.46. The van der Waals surface area contributed by atoms with E-state index in [4.69, 9.17) is 15.2 Å². The van der Waals surface area contributed by atoms with E-state index >= 15 is 0 Å². The van der Waals surface area contributed by atoms with Gasteiger partial charge < -0.3 is 15.2 Å². The predicted molar refractivity (Wildman–Crippen MR) is 75.3 cm³/mol. The zero-order chi connectivity index (χ0) is 13.1. The van der Waals surface area contributed by atoms with E-state index in [-0.39, 0.29) is 0 Å². The van der Waals surface area contributed by atoms with Crippen molar-refractivity contribution < 1.29 is 9.47 Å². The molecule has 2 bridgehead atoms. The van der Waals surface area contributed by atoms with Crippen LogP contribution in [0.5, 0.6) is 5.75 Å². The molecule has 2 fully saturated rings. The lowest BCUT2D eigenvalue weighted by Gasteiger charge is -2.31. The highest BCUT2D eigenvalue weighted by Crippen LogP contribution is 2.26. The Hall–Kier alpha value is -1.26. The molecule has 0 amide bonds. The van der Waals surface area contributed by atoms with Crippen LogP contribution >= 0.6 is 0 Å². The Balaban J connectivity index is 1.38. The zero-order valence-electron chi connectivity index (χ0n) is 11.3. The summed E-state index contributed by atoms with van der Waals surface area (Å²) in [7, 11) is 0. The Morgan fingerprint density at radius 3 is 2.68 bits per heavy atom. The first-order valence-corrected chi connectivity index (χ1v) is 7.16. The lowest BCUT2D eigenvalue weighted by molar-refractivity contribution is -0.0391. The van der Waals surface area contributed by atoms with Gasteiger partial charge in [0.15, 0.2) is 0 Å². The minimum atomic E-state index is 0.476. The summed E-state index contributed by atoms with van der Waals surface area (Å²) in [6.07, 6.45) is 4.46. The van der Waals surface area contributed by atoms with Crippen LogP contribution in [0.3, 0.4) is 0 Å². The Morgan fingerprint density at radius 1 is 1.21 bits per heavy atom. The Bertz CT molecular complexity index is 412. The molecule has 2 atom stereocenters. The van der Waals surface area contributed by atoms with Crippen LogP contribution in [0.1, 0.15) is 19.3 Å². The van der Waals surface area contributed by atoms with Gasteiger partial charge in [0.1, 0.15) is 5.75 Å². The highest BCUT2D eigenvalue weighted by atomic mass is 16.5. The van der Waals surface area contributed by atoms with Crippen molar-refractivity contribution in [2.24, 2.45) is 0 Å². The molecule has 2 unspecified atom stereocenters. The van der Waals surface area contributed by atoms with Crippen LogP contribution in [-0.4, -0.2) is 43.3 Å². The van der Waals surface area contributed by atoms with E-state index in [9.17, 15) is 0 Å². The Kier molecular flexibility index (Phi) is 3.89. The fourth-order valence-corrected chi connectivity index (χ4v) is 2.96. The number of likely N-dealkylation sites (tertiary alicyclic amines) is 1. The van der Waals surface area contributed by atoms with Crippen molar-refractivity contribution in [3.63, 3.8) is 0 Å². The number of nitrogens with two attached hydrogens (primary N) is 1. The van der Waals surface area contributed by atoms with Gasteiger partial charge >= 0.3 is 0 Å². The largest absolute Gasteiger partial charge is 0.491 e. The van der Waals surface area contributed by atoms with Crippen molar-refractivity contribution in [3.05, 3.63) is 24.3 Å². The number of hydrogen-bond acceptors (Lipinski definition) is 4. The number of rotatable bonds is 5. The molecule has 104 valence electrons. The van der Waals surface area contributed by atoms with Gasteiger partial charge in [-0.15, -0.1) is 0 Å². The molecule has 2 heterocycles. The number of hydrogen-bond donors (Lipinski definition) is 1. The van der Waals surface area contributed by atoms with Crippen LogP contribution in [0.15, 0.2) is 24.3 Å². The van der Waals surface area contributed by atoms with Crippen LogP contribution in [0.2, 0.25) is 0 Å². The molecule has 2 N–H and O–H groups in total. The van der Waals surface area contributed by atoms with Gasteiger partial charge in [-0.05, 0) is 31.4 Å². The van der Waals surface area contributed by atoms with Gasteiger partial charge in [-0.25, -0.2) is 0 Å². The Morgan fingerprint density at radius 2 is 1.95 bits per heavy atom. The number of benzene rings is 1. The molecule has 4 nitrogen and oxygen atoms in total. The topological polar surface area (TPSA) is 47.7 Å². The fourth-order valence-electron chi connectivity index (χ4n) is 2.96. The van der Waals surface area contributed by atoms with Crippen molar-refractivity contribution >= 4 is 5.69 Å². The average molecular weight is 262 g/mol. The maximum Gasteiger partial charge on any atom is 0.142 e. The van der Waals surface area contributed by atoms with Crippen LogP contribution < -0.4 is 10.5 Å². The van der Waals surface area contributed by atoms with Gasteiger partial charge in [-0.1, -0.05) is 12.1 Å². The van der Waals surface area contributed by atoms with Crippen molar-refractivity contribution in [1.29, 1.82) is 0 Å². The molecule has 1 aromatic carbocycles. The smallest absolute Gasteiger partial charge is 0.142 e. The summed E-state index contributed by atoms with van der Waals surface area (Å²) < 4.78 is 11.5. The summed E-state index contributed by atoms with van der Waals surface area (Å²) in [6.45, 7) is 3.98. The summed E-state index contributed by atoms with van der Waals surface area (Å²) in [5.41, 5.74) is 6.55. The third-order valence-corrected chi connectivity index (χ3v) is 3.91. The lowest BCUT2D eigenvalue weighted by Crippen LogP contribution is -2.43. The van der Waals surface area contributed by atoms with Crippen LogP contribution in [-0.2, 0) is 4.74 Å². The van der Waals surface area contributed by atoms with Gasteiger partial charge in [0, 0.05) is 19.6 Å². The first-order chi connectivity index (χ1) is 9.31. The first-order valence-electron chi connectivity index (χ1n) is 7.16. The second kappa shape index (κ2) is 5.80. The van der Waals surface area contributed by atoms with Gasteiger partial charge in [0.05, 0.1) is 24.5 Å². The standard InChI is InChI=1S/C15H22N2O2/c16-14-4-1-2-5-15(14)18-9-3-8-17-10-12-6-7-13(11-17)19-12/h1-2,4-5,12-13H,3,6-11,16H2. The summed E-state index contributed by atoms with van der Waals surface area (Å²) >= 11 is 0. The molecule has 2 aliphatic heterocycles. The number of morpholine rings is 1. The maximum atomic E-state index is 5.84. The SMILES string of the molecule is Nc1ccccc1OCCCN1CC2CCC(C1)O2. The average Bonchev–Trinajstić information content (AvgIpc) is 2.76. The molecule has 0 radical (unpaired) electrons. The maximum absolute atomic E-state index is 5.84. The molecular formula is C15H22N2O2. The van der Waals surface area contributed by atoms with E-state index in [0.717, 1.165) is 38.4 Å². The van der Waals surface area contributed by atoms with Crippen molar-refractivity contribution in [2.45, 2.75) is 31.5 Å². The van der Waals surface area contributed by atoms with E-state index in [0.29, 0.717) is 17.9 Å². The number of ether oxygens (including phenoxy) is 2. The highest BCUT2D eigenvalue weighted by Gasteiger charge is 2.33. The molecule has 1 aromatic rings. The summed E-state index contributed by atoms with van der Waals surface area (Å²) in [4.78, 5) is 2.50. The van der Waals surface area contributed by atoms with Gasteiger partial charge in [-0.3, -0.25) is 4.90 Å². The lowest BCUT2D eigenvalue weighted by atomic mass is 10.2. The van der Waals surface area contributed by atoms with Crippen molar-refractivity contribution in [3.8, 4) is 5.75 Å². The number of para-hydroxylation sites is 2. The Labute approximate surface area is 114 Å². The molecule has 0 saturated carbocycles. The van der Waals surface area contributed by atoms with Crippen molar-refractivity contribution in [2.75, 3.05) is 32.0 Å². The van der Waals surface area contributed by atoms with Gasteiger partial charge in [-0.2, -0.15) is 0 Å². The van der Waals surface area contributed by atoms with E-state index in [1.54, 1.807) is 0 Å². The quantitative estimate of drug-likeness (QED) is 0.650. The molecule has 4 heteroatoms. The summed E-state index contributed by atoms with van der Waals surface area (Å²) in [5.74, 6) is 0.796. The second-order valence-electron chi connectivity index (χ2n) is 5.46. The fraction of sp³-hybridized carbons (Fsp3) is 0.600. The number of nitrogens with zero attached hydrogens (tertiary/aromatic N) is 1. The van der Waals surface area contributed by atoms with Crippen molar-refractivity contribution in [1.82, 2.24) is 4.90 Å². The molecular weight excluding hydrogens is 240 g/mol. The zero-order valence-corrected chi connectivity index (χ0v) is 11.3. The van der Waals surface area contributed by atoms with Crippen LogP contribution in [0, 0.1) is 0 Å². The minimum absolute atomic E-state index is 0.476. The predicted octanol–water partition coefficient (Wildman–Crippen LogP) is 1.90. The summed E-state index contributed by atoms with van der Waals surface area (Å²) in [5, 5.41) is 0. The number of nitrogen functional groups attached to an aromatic ring is 1. The van der Waals surface area contributed by atoms with E-state index in [2.05, 4.69) is 4.90 Å². The van der Waals surface area contributed by atoms with Crippen LogP contribution in [0.4, 0.5) is 5.69 Å². The third-order valence-electron chi connectivity index (χ3n) is 3.91. The van der Waals surface area contributed by atoms with E-state index in [1.165, 1.54) is 12.8 Å². The monoisotopic (exact) mass is 262 g/mol. The summed E-state index contributed by atoms with van der Waals surface area (Å²) in [6, 6.07) is 7.66. The third kappa shape index (κ3) is 3.19. The normalized spacial score (nSPS) is 26.5.